The number of hydrogen-bond acceptors (Lipinski definition) is 5. The maximum absolute atomic E-state index is 11.4. The van der Waals surface area contributed by atoms with Crippen LogP contribution in [0.2, 0.25) is 5.15 Å². The van der Waals surface area contributed by atoms with Crippen molar-refractivity contribution in [3.05, 3.63) is 17.7 Å². The van der Waals surface area contributed by atoms with Crippen LogP contribution in [0.3, 0.4) is 0 Å². The molecule has 0 bridgehead atoms. The van der Waals surface area contributed by atoms with Crippen molar-refractivity contribution in [2.45, 2.75) is 13.5 Å². The van der Waals surface area contributed by atoms with E-state index in [9.17, 15) is 8.42 Å². The lowest BCUT2D eigenvalue weighted by atomic mass is 10.4. The number of halogens is 1. The monoisotopic (exact) mass is 274 g/mol. The second kappa shape index (κ2) is 4.58. The quantitative estimate of drug-likeness (QED) is 0.775. The molecule has 0 aliphatic carbocycles. The Hall–Kier alpha value is -1.21. The van der Waals surface area contributed by atoms with Gasteiger partial charge in [0, 0.05) is 5.75 Å². The molecule has 0 aliphatic rings. The first-order valence-corrected chi connectivity index (χ1v) is 7.26. The summed E-state index contributed by atoms with van der Waals surface area (Å²) >= 11 is 5.87. The Bertz CT molecular complexity index is 637. The topological polar surface area (TPSA) is 77.7 Å². The van der Waals surface area contributed by atoms with E-state index in [-0.39, 0.29) is 18.1 Å². The molecule has 0 saturated carbocycles. The summed E-state index contributed by atoms with van der Waals surface area (Å²) in [7, 11) is -3.01. The van der Waals surface area contributed by atoms with Gasteiger partial charge in [-0.25, -0.2) is 23.1 Å². The highest BCUT2D eigenvalue weighted by atomic mass is 35.5. The minimum absolute atomic E-state index is 0.0436. The molecule has 0 fully saturated rings. The molecule has 0 amide bonds. The first-order chi connectivity index (χ1) is 8.03. The van der Waals surface area contributed by atoms with E-state index in [1.54, 1.807) is 6.92 Å². The fourth-order valence-corrected chi connectivity index (χ4v) is 2.31. The first-order valence-electron chi connectivity index (χ1n) is 5.06. The SMILES string of the molecule is CCS(=O)(=O)CCn1ncc2c(Cl)ncnc21. The van der Waals surface area contributed by atoms with Gasteiger partial charge < -0.3 is 0 Å². The van der Waals surface area contributed by atoms with Gasteiger partial charge in [0.05, 0.1) is 23.9 Å². The van der Waals surface area contributed by atoms with E-state index < -0.39 is 9.84 Å². The molecule has 2 aromatic heterocycles. The molecule has 2 aromatic rings. The average Bonchev–Trinajstić information content (AvgIpc) is 2.71. The van der Waals surface area contributed by atoms with Crippen LogP contribution in [-0.4, -0.2) is 39.7 Å². The Balaban J connectivity index is 2.29. The zero-order valence-electron chi connectivity index (χ0n) is 9.17. The molecular weight excluding hydrogens is 264 g/mol. The average molecular weight is 275 g/mol. The molecular formula is C9H11ClN4O2S. The third-order valence-corrected chi connectivity index (χ3v) is 4.42. The lowest BCUT2D eigenvalue weighted by Gasteiger charge is -2.02. The van der Waals surface area contributed by atoms with Gasteiger partial charge in [0.15, 0.2) is 15.5 Å². The maximum atomic E-state index is 11.4. The summed E-state index contributed by atoms with van der Waals surface area (Å²) in [6, 6.07) is 0. The Labute approximate surface area is 104 Å². The Morgan fingerprint density at radius 2 is 2.18 bits per heavy atom. The van der Waals surface area contributed by atoms with Crippen molar-refractivity contribution in [2.75, 3.05) is 11.5 Å². The smallest absolute Gasteiger partial charge is 0.162 e. The minimum atomic E-state index is -3.01. The third kappa shape index (κ3) is 2.55. The van der Waals surface area contributed by atoms with Crippen LogP contribution in [0.15, 0.2) is 12.5 Å². The summed E-state index contributed by atoms with van der Waals surface area (Å²) in [5.74, 6) is 0.170. The third-order valence-electron chi connectivity index (χ3n) is 2.44. The molecule has 2 rings (SSSR count). The van der Waals surface area contributed by atoms with E-state index in [0.29, 0.717) is 16.2 Å². The largest absolute Gasteiger partial charge is 0.246 e. The predicted octanol–water partition coefficient (Wildman–Crippen LogP) is 0.914. The summed E-state index contributed by atoms with van der Waals surface area (Å²) in [6.07, 6.45) is 2.87. The van der Waals surface area contributed by atoms with Gasteiger partial charge in [0.25, 0.3) is 0 Å². The first kappa shape index (κ1) is 12.3. The fraction of sp³-hybridized carbons (Fsp3) is 0.444. The highest BCUT2D eigenvalue weighted by Gasteiger charge is 2.11. The summed E-state index contributed by atoms with van der Waals surface area (Å²) < 4.78 is 24.3. The molecule has 0 aromatic carbocycles. The van der Waals surface area contributed by atoms with E-state index in [4.69, 9.17) is 11.6 Å². The van der Waals surface area contributed by atoms with Crippen molar-refractivity contribution >= 4 is 32.5 Å². The summed E-state index contributed by atoms with van der Waals surface area (Å²) in [6.45, 7) is 1.89. The summed E-state index contributed by atoms with van der Waals surface area (Å²) in [5.41, 5.74) is 0.552. The molecule has 92 valence electrons. The second-order valence-corrected chi connectivity index (χ2v) is 6.34. The summed E-state index contributed by atoms with van der Waals surface area (Å²) in [5, 5.41) is 5.01. The lowest BCUT2D eigenvalue weighted by Crippen LogP contribution is -2.15. The van der Waals surface area contributed by atoms with E-state index in [1.165, 1.54) is 17.2 Å². The number of aromatic nitrogens is 4. The van der Waals surface area contributed by atoms with Crippen LogP contribution in [0.1, 0.15) is 6.92 Å². The van der Waals surface area contributed by atoms with Crippen LogP contribution in [0.5, 0.6) is 0 Å². The van der Waals surface area contributed by atoms with Crippen molar-refractivity contribution in [1.29, 1.82) is 0 Å². The van der Waals surface area contributed by atoms with E-state index in [1.807, 2.05) is 0 Å². The molecule has 8 heteroatoms. The van der Waals surface area contributed by atoms with Crippen LogP contribution in [0.4, 0.5) is 0 Å². The number of sulfone groups is 1. The van der Waals surface area contributed by atoms with E-state index >= 15 is 0 Å². The highest BCUT2D eigenvalue weighted by Crippen LogP contribution is 2.18. The van der Waals surface area contributed by atoms with Gasteiger partial charge in [-0.1, -0.05) is 18.5 Å². The number of hydrogen-bond donors (Lipinski definition) is 0. The van der Waals surface area contributed by atoms with Gasteiger partial charge in [-0.2, -0.15) is 5.10 Å². The van der Waals surface area contributed by atoms with Crippen molar-refractivity contribution in [3.8, 4) is 0 Å². The van der Waals surface area contributed by atoms with Gasteiger partial charge in [-0.15, -0.1) is 0 Å². The van der Waals surface area contributed by atoms with Crippen molar-refractivity contribution < 1.29 is 8.42 Å². The molecule has 0 atom stereocenters. The number of nitrogens with zero attached hydrogens (tertiary/aromatic N) is 4. The lowest BCUT2D eigenvalue weighted by molar-refractivity contribution is 0.584. The zero-order valence-corrected chi connectivity index (χ0v) is 10.7. The van der Waals surface area contributed by atoms with Gasteiger partial charge in [-0.3, -0.25) is 0 Å². The van der Waals surface area contributed by atoms with Gasteiger partial charge >= 0.3 is 0 Å². The molecule has 0 radical (unpaired) electrons. The molecule has 0 N–H and O–H groups in total. The Morgan fingerprint density at radius 3 is 2.88 bits per heavy atom. The van der Waals surface area contributed by atoms with E-state index in [2.05, 4.69) is 15.1 Å². The molecule has 17 heavy (non-hydrogen) atoms. The number of fused-ring (bicyclic) bond motifs is 1. The molecule has 0 spiro atoms. The van der Waals surface area contributed by atoms with Crippen molar-refractivity contribution in [2.24, 2.45) is 0 Å². The van der Waals surface area contributed by atoms with Gasteiger partial charge in [-0.05, 0) is 0 Å². The molecule has 0 aliphatic heterocycles. The van der Waals surface area contributed by atoms with Crippen LogP contribution in [-0.2, 0) is 16.4 Å². The molecule has 2 heterocycles. The highest BCUT2D eigenvalue weighted by molar-refractivity contribution is 7.91. The molecule has 0 unspecified atom stereocenters. The second-order valence-electron chi connectivity index (χ2n) is 3.51. The Morgan fingerprint density at radius 1 is 1.41 bits per heavy atom. The van der Waals surface area contributed by atoms with Gasteiger partial charge in [0.2, 0.25) is 0 Å². The van der Waals surface area contributed by atoms with Crippen LogP contribution < -0.4 is 0 Å². The van der Waals surface area contributed by atoms with Crippen LogP contribution in [0.25, 0.3) is 11.0 Å². The van der Waals surface area contributed by atoms with Crippen LogP contribution >= 0.6 is 11.6 Å². The predicted molar refractivity (Wildman–Crippen MR) is 64.7 cm³/mol. The maximum Gasteiger partial charge on any atom is 0.162 e. The number of rotatable bonds is 4. The standard InChI is InChI=1S/C9H11ClN4O2S/c1-2-17(15,16)4-3-14-9-7(5-13-14)8(10)11-6-12-9/h5-6H,2-4H2,1H3. The zero-order chi connectivity index (χ0) is 12.5. The van der Waals surface area contributed by atoms with Gasteiger partial charge in [0.1, 0.15) is 11.5 Å². The normalized spacial score (nSPS) is 12.1. The number of aryl methyl sites for hydroxylation is 1. The molecule has 6 nitrogen and oxygen atoms in total. The fourth-order valence-electron chi connectivity index (χ4n) is 1.40. The Kier molecular flexibility index (Phi) is 3.30. The minimum Gasteiger partial charge on any atom is -0.246 e. The molecule has 0 saturated heterocycles. The van der Waals surface area contributed by atoms with Crippen molar-refractivity contribution in [3.63, 3.8) is 0 Å². The van der Waals surface area contributed by atoms with Crippen LogP contribution in [0, 0.1) is 0 Å². The summed E-state index contributed by atoms with van der Waals surface area (Å²) in [4.78, 5) is 7.87. The van der Waals surface area contributed by atoms with Crippen molar-refractivity contribution in [1.82, 2.24) is 19.7 Å². The van der Waals surface area contributed by atoms with E-state index in [0.717, 1.165) is 0 Å².